The van der Waals surface area contributed by atoms with Crippen LogP contribution >= 0.6 is 11.6 Å². The lowest BCUT2D eigenvalue weighted by atomic mass is 10.1. The molecule has 1 aliphatic rings. The van der Waals surface area contributed by atoms with Crippen molar-refractivity contribution in [3.05, 3.63) is 28.8 Å². The third kappa shape index (κ3) is 2.85. The van der Waals surface area contributed by atoms with E-state index in [0.29, 0.717) is 17.0 Å². The summed E-state index contributed by atoms with van der Waals surface area (Å²) in [5, 5.41) is 9.75. The average molecular weight is 283 g/mol. The van der Waals surface area contributed by atoms with E-state index < -0.39 is 5.97 Å². The number of aromatic carboxylic acids is 1. The topological polar surface area (TPSA) is 43.8 Å². The lowest BCUT2D eigenvalue weighted by Crippen LogP contribution is -2.34. The summed E-state index contributed by atoms with van der Waals surface area (Å²) in [6.07, 6.45) is 0. The Bertz CT molecular complexity index is 490. The van der Waals surface area contributed by atoms with Gasteiger partial charge in [0, 0.05) is 24.2 Å². The van der Waals surface area contributed by atoms with Crippen molar-refractivity contribution in [1.82, 2.24) is 4.90 Å². The van der Waals surface area contributed by atoms with Gasteiger partial charge >= 0.3 is 5.97 Å². The molecule has 2 atom stereocenters. The zero-order valence-corrected chi connectivity index (χ0v) is 12.2. The van der Waals surface area contributed by atoms with Gasteiger partial charge in [0.2, 0.25) is 0 Å². The van der Waals surface area contributed by atoms with Crippen LogP contribution in [0, 0.1) is 5.92 Å². The van der Waals surface area contributed by atoms with E-state index >= 15 is 0 Å². The van der Waals surface area contributed by atoms with Crippen molar-refractivity contribution in [1.29, 1.82) is 0 Å². The minimum atomic E-state index is -0.932. The van der Waals surface area contributed by atoms with Crippen LogP contribution in [0.5, 0.6) is 0 Å². The van der Waals surface area contributed by atoms with Gasteiger partial charge in [-0.15, -0.1) is 0 Å². The van der Waals surface area contributed by atoms with Gasteiger partial charge in [0.1, 0.15) is 0 Å². The van der Waals surface area contributed by atoms with Gasteiger partial charge in [-0.2, -0.15) is 0 Å². The first-order valence-electron chi connectivity index (χ1n) is 6.34. The summed E-state index contributed by atoms with van der Waals surface area (Å²) in [6, 6.07) is 5.51. The maximum Gasteiger partial charge on any atom is 0.337 e. The second-order valence-corrected chi connectivity index (χ2v) is 5.82. The zero-order valence-electron chi connectivity index (χ0n) is 11.4. The van der Waals surface area contributed by atoms with Crippen molar-refractivity contribution in [2.75, 3.05) is 32.1 Å². The highest BCUT2D eigenvalue weighted by molar-refractivity contribution is 6.31. The number of likely N-dealkylation sites (N-methyl/N-ethyl adjacent to an activating group) is 1. The number of carboxylic acid groups (broad SMARTS) is 1. The van der Waals surface area contributed by atoms with E-state index in [2.05, 4.69) is 30.8 Å². The Balaban J connectivity index is 2.31. The maximum atomic E-state index is 11.3. The molecule has 5 heteroatoms. The van der Waals surface area contributed by atoms with E-state index in [-0.39, 0.29) is 5.56 Å². The van der Waals surface area contributed by atoms with Crippen LogP contribution in [0.4, 0.5) is 5.69 Å². The number of hydrogen-bond acceptors (Lipinski definition) is 3. The van der Waals surface area contributed by atoms with Crippen LogP contribution in [0.1, 0.15) is 17.3 Å². The molecule has 1 heterocycles. The first-order chi connectivity index (χ1) is 8.90. The fourth-order valence-corrected chi connectivity index (χ4v) is 2.95. The molecule has 4 nitrogen and oxygen atoms in total. The quantitative estimate of drug-likeness (QED) is 0.925. The number of anilines is 1. The summed E-state index contributed by atoms with van der Waals surface area (Å²) >= 11 is 5.89. The summed E-state index contributed by atoms with van der Waals surface area (Å²) in [7, 11) is 4.12. The number of carboxylic acids is 1. The molecule has 1 saturated heterocycles. The summed E-state index contributed by atoms with van der Waals surface area (Å²) in [4.78, 5) is 15.7. The Hall–Kier alpha value is -1.26. The summed E-state index contributed by atoms with van der Waals surface area (Å²) < 4.78 is 0. The molecule has 1 aromatic rings. The van der Waals surface area contributed by atoms with Crippen LogP contribution in [0.25, 0.3) is 0 Å². The number of carbonyl (C=O) groups is 1. The number of benzene rings is 1. The Kier molecular flexibility index (Phi) is 4.02. The Labute approximate surface area is 118 Å². The Morgan fingerprint density at radius 2 is 2.11 bits per heavy atom. The predicted octanol–water partition coefficient (Wildman–Crippen LogP) is 2.42. The van der Waals surface area contributed by atoms with Crippen molar-refractivity contribution in [3.8, 4) is 0 Å². The minimum Gasteiger partial charge on any atom is -0.478 e. The highest BCUT2D eigenvalue weighted by Gasteiger charge is 2.32. The van der Waals surface area contributed by atoms with Gasteiger partial charge in [0.05, 0.1) is 11.3 Å². The molecule has 0 aromatic heterocycles. The molecule has 1 N–H and O–H groups in total. The largest absolute Gasteiger partial charge is 0.478 e. The molecule has 0 bridgehead atoms. The number of hydrogen-bond donors (Lipinski definition) is 1. The van der Waals surface area contributed by atoms with Gasteiger partial charge in [0.25, 0.3) is 0 Å². The van der Waals surface area contributed by atoms with Crippen molar-refractivity contribution < 1.29 is 9.90 Å². The van der Waals surface area contributed by atoms with E-state index in [0.717, 1.165) is 18.8 Å². The molecule has 104 valence electrons. The second kappa shape index (κ2) is 5.39. The Morgan fingerprint density at radius 1 is 1.42 bits per heavy atom. The van der Waals surface area contributed by atoms with Crippen LogP contribution in [-0.4, -0.2) is 49.2 Å². The molecule has 1 fully saturated rings. The van der Waals surface area contributed by atoms with Crippen LogP contribution < -0.4 is 4.90 Å². The van der Waals surface area contributed by atoms with Crippen LogP contribution in [0.15, 0.2) is 18.2 Å². The fourth-order valence-electron chi connectivity index (χ4n) is 2.77. The molecular formula is C14H19ClN2O2. The smallest absolute Gasteiger partial charge is 0.337 e. The predicted molar refractivity (Wildman–Crippen MR) is 77.3 cm³/mol. The van der Waals surface area contributed by atoms with Crippen molar-refractivity contribution >= 4 is 23.3 Å². The molecule has 1 aromatic carbocycles. The Morgan fingerprint density at radius 3 is 2.63 bits per heavy atom. The molecule has 0 spiro atoms. The highest BCUT2D eigenvalue weighted by Crippen LogP contribution is 2.30. The van der Waals surface area contributed by atoms with E-state index in [1.54, 1.807) is 12.1 Å². The molecule has 19 heavy (non-hydrogen) atoms. The van der Waals surface area contributed by atoms with E-state index in [1.165, 1.54) is 6.07 Å². The summed E-state index contributed by atoms with van der Waals surface area (Å²) in [5.41, 5.74) is 1.03. The maximum absolute atomic E-state index is 11.3. The standard InChI is InChI=1S/C14H19ClN2O2/c1-9-7-17(8-13(9)16(2)3)12-5-4-10(15)6-11(12)14(18)19/h4-6,9,13H,7-8H2,1-3H3,(H,18,19). The first-order valence-corrected chi connectivity index (χ1v) is 6.72. The van der Waals surface area contributed by atoms with Gasteiger partial charge in [-0.1, -0.05) is 18.5 Å². The third-order valence-electron chi connectivity index (χ3n) is 3.77. The molecule has 0 aliphatic carbocycles. The number of nitrogens with zero attached hydrogens (tertiary/aromatic N) is 2. The van der Waals surface area contributed by atoms with Crippen molar-refractivity contribution in [2.24, 2.45) is 5.92 Å². The summed E-state index contributed by atoms with van der Waals surface area (Å²) in [6.45, 7) is 3.90. The van der Waals surface area contributed by atoms with Crippen LogP contribution in [0.3, 0.4) is 0 Å². The third-order valence-corrected chi connectivity index (χ3v) is 4.00. The van der Waals surface area contributed by atoms with Gasteiger partial charge in [-0.05, 0) is 38.2 Å². The fraction of sp³-hybridized carbons (Fsp3) is 0.500. The minimum absolute atomic E-state index is 0.277. The SMILES string of the molecule is CC1CN(c2ccc(Cl)cc2C(=O)O)CC1N(C)C. The van der Waals surface area contributed by atoms with Crippen LogP contribution in [-0.2, 0) is 0 Å². The van der Waals surface area contributed by atoms with E-state index in [1.807, 2.05) is 0 Å². The van der Waals surface area contributed by atoms with E-state index in [9.17, 15) is 9.90 Å². The van der Waals surface area contributed by atoms with Crippen molar-refractivity contribution in [2.45, 2.75) is 13.0 Å². The first kappa shape index (κ1) is 14.2. The molecule has 0 saturated carbocycles. The number of rotatable bonds is 3. The number of halogens is 1. The lowest BCUT2D eigenvalue weighted by Gasteiger charge is -2.23. The molecule has 0 amide bonds. The van der Waals surface area contributed by atoms with Gasteiger partial charge in [0.15, 0.2) is 0 Å². The molecule has 2 rings (SSSR count). The lowest BCUT2D eigenvalue weighted by molar-refractivity contribution is 0.0697. The van der Waals surface area contributed by atoms with Crippen molar-refractivity contribution in [3.63, 3.8) is 0 Å². The normalized spacial score (nSPS) is 23.1. The van der Waals surface area contributed by atoms with E-state index in [4.69, 9.17) is 11.6 Å². The van der Waals surface area contributed by atoms with Crippen LogP contribution in [0.2, 0.25) is 5.02 Å². The molecule has 0 radical (unpaired) electrons. The van der Waals surface area contributed by atoms with Gasteiger partial charge < -0.3 is 14.9 Å². The summed E-state index contributed by atoms with van der Waals surface area (Å²) in [5.74, 6) is -0.425. The zero-order chi connectivity index (χ0) is 14.2. The highest BCUT2D eigenvalue weighted by atomic mass is 35.5. The van der Waals surface area contributed by atoms with Gasteiger partial charge in [-0.3, -0.25) is 0 Å². The average Bonchev–Trinajstić information content (AvgIpc) is 2.71. The second-order valence-electron chi connectivity index (χ2n) is 5.38. The molecule has 1 aliphatic heterocycles. The molecule has 2 unspecified atom stereocenters. The monoisotopic (exact) mass is 282 g/mol. The molecular weight excluding hydrogens is 264 g/mol. The van der Waals surface area contributed by atoms with Gasteiger partial charge in [-0.25, -0.2) is 4.79 Å².